The molecule has 3 rings (SSSR count). The maximum absolute atomic E-state index is 6.16. The summed E-state index contributed by atoms with van der Waals surface area (Å²) < 4.78 is 11.6. The molecule has 1 aromatic heterocycles. The molecule has 2 N–H and O–H groups in total. The van der Waals surface area contributed by atoms with Crippen molar-refractivity contribution in [1.29, 1.82) is 0 Å². The number of aromatic nitrogens is 1. The van der Waals surface area contributed by atoms with E-state index in [0.717, 1.165) is 43.3 Å². The first-order valence-electron chi connectivity index (χ1n) is 9.42. The van der Waals surface area contributed by atoms with Crippen molar-refractivity contribution in [2.24, 2.45) is 4.99 Å². The second-order valence-corrected chi connectivity index (χ2v) is 6.68. The molecule has 0 amide bonds. The van der Waals surface area contributed by atoms with Gasteiger partial charge in [0.05, 0.1) is 13.2 Å². The molecule has 0 bridgehead atoms. The summed E-state index contributed by atoms with van der Waals surface area (Å²) in [4.78, 5) is 8.44. The third-order valence-electron chi connectivity index (χ3n) is 4.50. The van der Waals surface area contributed by atoms with E-state index in [1.54, 1.807) is 13.2 Å². The van der Waals surface area contributed by atoms with Crippen molar-refractivity contribution >= 4 is 29.9 Å². The number of hydrogen-bond acceptors (Lipinski definition) is 4. The predicted octanol–water partition coefficient (Wildman–Crippen LogP) is 3.08. The van der Waals surface area contributed by atoms with Crippen LogP contribution in [0.3, 0.4) is 0 Å². The Morgan fingerprint density at radius 2 is 2.21 bits per heavy atom. The van der Waals surface area contributed by atoms with E-state index in [9.17, 15) is 0 Å². The Kier molecular flexibility index (Phi) is 9.49. The SMILES string of the molecule is CN=C(NCCc1cccnc1)NCc1ccc(C)cc1OC1CCOC1.I. The van der Waals surface area contributed by atoms with Gasteiger partial charge in [-0.05, 0) is 36.6 Å². The number of ether oxygens (including phenoxy) is 2. The molecule has 1 atom stereocenters. The lowest BCUT2D eigenvalue weighted by molar-refractivity contribution is 0.140. The fourth-order valence-corrected chi connectivity index (χ4v) is 2.97. The Hall–Kier alpha value is -1.87. The maximum Gasteiger partial charge on any atom is 0.191 e. The van der Waals surface area contributed by atoms with Gasteiger partial charge in [-0.3, -0.25) is 9.98 Å². The van der Waals surface area contributed by atoms with E-state index in [1.165, 1.54) is 11.1 Å². The normalized spacial score (nSPS) is 16.4. The molecule has 28 heavy (non-hydrogen) atoms. The highest BCUT2D eigenvalue weighted by atomic mass is 127. The van der Waals surface area contributed by atoms with Crippen LogP contribution in [0, 0.1) is 6.92 Å². The molecular formula is C21H29IN4O2. The Labute approximate surface area is 184 Å². The van der Waals surface area contributed by atoms with Gasteiger partial charge in [0.15, 0.2) is 5.96 Å². The van der Waals surface area contributed by atoms with Gasteiger partial charge in [-0.25, -0.2) is 0 Å². The highest BCUT2D eigenvalue weighted by molar-refractivity contribution is 14.0. The predicted molar refractivity (Wildman–Crippen MR) is 123 cm³/mol. The van der Waals surface area contributed by atoms with Crippen LogP contribution in [0.4, 0.5) is 0 Å². The number of rotatable bonds is 7. The lowest BCUT2D eigenvalue weighted by atomic mass is 10.1. The molecule has 1 fully saturated rings. The molecule has 7 heteroatoms. The van der Waals surface area contributed by atoms with Crippen molar-refractivity contribution in [2.45, 2.75) is 32.4 Å². The van der Waals surface area contributed by atoms with Crippen molar-refractivity contribution < 1.29 is 9.47 Å². The molecule has 0 radical (unpaired) electrons. The average molecular weight is 496 g/mol. The van der Waals surface area contributed by atoms with E-state index < -0.39 is 0 Å². The number of benzene rings is 1. The van der Waals surface area contributed by atoms with Gasteiger partial charge in [0, 0.05) is 44.5 Å². The summed E-state index contributed by atoms with van der Waals surface area (Å²) in [6.45, 7) is 4.96. The minimum Gasteiger partial charge on any atom is -0.488 e. The summed E-state index contributed by atoms with van der Waals surface area (Å²) in [5.74, 6) is 1.69. The van der Waals surface area contributed by atoms with Crippen molar-refractivity contribution in [3.05, 3.63) is 59.4 Å². The average Bonchev–Trinajstić information content (AvgIpc) is 3.19. The number of nitrogens with one attached hydrogen (secondary N) is 2. The number of pyridine rings is 1. The van der Waals surface area contributed by atoms with Crippen LogP contribution in [0.5, 0.6) is 5.75 Å². The highest BCUT2D eigenvalue weighted by Crippen LogP contribution is 2.23. The minimum atomic E-state index is 0. The van der Waals surface area contributed by atoms with Crippen molar-refractivity contribution in [2.75, 3.05) is 26.8 Å². The van der Waals surface area contributed by atoms with Crippen LogP contribution >= 0.6 is 24.0 Å². The van der Waals surface area contributed by atoms with Gasteiger partial charge in [-0.2, -0.15) is 0 Å². The standard InChI is InChI=1S/C21H28N4O2.HI/c1-16-5-6-18(20(12-16)27-19-8-11-26-15-19)14-25-21(22-2)24-10-7-17-4-3-9-23-13-17;/h3-6,9,12-13,19H,7-8,10-11,14-15H2,1-2H3,(H2,22,24,25);1H. The smallest absolute Gasteiger partial charge is 0.191 e. The monoisotopic (exact) mass is 496 g/mol. The Morgan fingerprint density at radius 1 is 1.32 bits per heavy atom. The molecule has 1 aromatic carbocycles. The van der Waals surface area contributed by atoms with Crippen LogP contribution < -0.4 is 15.4 Å². The molecular weight excluding hydrogens is 467 g/mol. The fourth-order valence-electron chi connectivity index (χ4n) is 2.97. The van der Waals surface area contributed by atoms with E-state index >= 15 is 0 Å². The van der Waals surface area contributed by atoms with Gasteiger partial charge in [0.25, 0.3) is 0 Å². The third kappa shape index (κ3) is 6.94. The van der Waals surface area contributed by atoms with Gasteiger partial charge in [0.2, 0.25) is 0 Å². The van der Waals surface area contributed by atoms with E-state index in [0.29, 0.717) is 13.2 Å². The van der Waals surface area contributed by atoms with E-state index in [-0.39, 0.29) is 30.1 Å². The van der Waals surface area contributed by atoms with Gasteiger partial charge < -0.3 is 20.1 Å². The van der Waals surface area contributed by atoms with Crippen molar-refractivity contribution in [3.63, 3.8) is 0 Å². The molecule has 0 spiro atoms. The maximum atomic E-state index is 6.16. The van der Waals surface area contributed by atoms with Crippen LogP contribution in [0.15, 0.2) is 47.7 Å². The fraction of sp³-hybridized carbons (Fsp3) is 0.429. The number of hydrogen-bond donors (Lipinski definition) is 2. The Bertz CT molecular complexity index is 749. The Morgan fingerprint density at radius 3 is 2.93 bits per heavy atom. The second-order valence-electron chi connectivity index (χ2n) is 6.68. The van der Waals surface area contributed by atoms with Gasteiger partial charge in [0.1, 0.15) is 11.9 Å². The van der Waals surface area contributed by atoms with Crippen molar-refractivity contribution in [3.8, 4) is 5.75 Å². The molecule has 0 saturated carbocycles. The molecule has 1 saturated heterocycles. The topological polar surface area (TPSA) is 67.8 Å². The zero-order valence-electron chi connectivity index (χ0n) is 16.5. The molecule has 2 aromatic rings. The number of aryl methyl sites for hydroxylation is 1. The summed E-state index contributed by atoms with van der Waals surface area (Å²) in [5, 5.41) is 6.71. The number of halogens is 1. The molecule has 1 unspecified atom stereocenters. The lowest BCUT2D eigenvalue weighted by Crippen LogP contribution is -2.38. The van der Waals surface area contributed by atoms with Crippen molar-refractivity contribution in [1.82, 2.24) is 15.6 Å². The first-order chi connectivity index (χ1) is 13.2. The molecule has 1 aliphatic rings. The summed E-state index contributed by atoms with van der Waals surface area (Å²) >= 11 is 0. The summed E-state index contributed by atoms with van der Waals surface area (Å²) in [6, 6.07) is 10.3. The highest BCUT2D eigenvalue weighted by Gasteiger charge is 2.18. The van der Waals surface area contributed by atoms with Crippen LogP contribution in [0.2, 0.25) is 0 Å². The number of nitrogens with zero attached hydrogens (tertiary/aromatic N) is 2. The molecule has 6 nitrogen and oxygen atoms in total. The van der Waals surface area contributed by atoms with E-state index in [4.69, 9.17) is 9.47 Å². The number of guanidine groups is 1. The second kappa shape index (κ2) is 11.9. The molecule has 1 aliphatic heterocycles. The largest absolute Gasteiger partial charge is 0.488 e. The van der Waals surface area contributed by atoms with Crippen LogP contribution in [0.1, 0.15) is 23.1 Å². The van der Waals surface area contributed by atoms with Gasteiger partial charge in [-0.1, -0.05) is 18.2 Å². The third-order valence-corrected chi connectivity index (χ3v) is 4.50. The summed E-state index contributed by atoms with van der Waals surface area (Å²) in [7, 11) is 1.78. The lowest BCUT2D eigenvalue weighted by Gasteiger charge is -2.18. The molecule has 152 valence electrons. The van der Waals surface area contributed by atoms with Crippen LogP contribution in [-0.2, 0) is 17.7 Å². The van der Waals surface area contributed by atoms with E-state index in [2.05, 4.69) is 51.8 Å². The zero-order valence-corrected chi connectivity index (χ0v) is 18.8. The molecule has 0 aliphatic carbocycles. The molecule has 2 heterocycles. The zero-order chi connectivity index (χ0) is 18.9. The first kappa shape index (κ1) is 22.4. The minimum absolute atomic E-state index is 0. The summed E-state index contributed by atoms with van der Waals surface area (Å²) in [5.41, 5.74) is 3.50. The van der Waals surface area contributed by atoms with Crippen LogP contribution in [-0.4, -0.2) is 43.9 Å². The summed E-state index contributed by atoms with van der Waals surface area (Å²) in [6.07, 6.45) is 5.66. The first-order valence-corrected chi connectivity index (χ1v) is 9.42. The van der Waals surface area contributed by atoms with Gasteiger partial charge >= 0.3 is 0 Å². The van der Waals surface area contributed by atoms with E-state index in [1.807, 2.05) is 12.3 Å². The Balaban J connectivity index is 0.00000280. The number of aliphatic imine (C=N–C) groups is 1. The van der Waals surface area contributed by atoms with Gasteiger partial charge in [-0.15, -0.1) is 24.0 Å². The quantitative estimate of drug-likeness (QED) is 0.351. The van der Waals surface area contributed by atoms with Crippen LogP contribution in [0.25, 0.3) is 0 Å².